The minimum Gasteiger partial charge on any atom is -0.376 e. The summed E-state index contributed by atoms with van der Waals surface area (Å²) in [7, 11) is 0. The highest BCUT2D eigenvalue weighted by atomic mass is 16.5. The van der Waals surface area contributed by atoms with E-state index in [4.69, 9.17) is 10.5 Å². The van der Waals surface area contributed by atoms with E-state index in [0.29, 0.717) is 6.04 Å². The molecule has 1 saturated heterocycles. The van der Waals surface area contributed by atoms with Gasteiger partial charge in [0.25, 0.3) is 0 Å². The first-order valence-corrected chi connectivity index (χ1v) is 6.91. The van der Waals surface area contributed by atoms with Crippen LogP contribution in [0.5, 0.6) is 0 Å². The van der Waals surface area contributed by atoms with Crippen molar-refractivity contribution in [3.63, 3.8) is 0 Å². The van der Waals surface area contributed by atoms with Gasteiger partial charge in [-0.1, -0.05) is 0 Å². The molecule has 0 aromatic carbocycles. The zero-order valence-electron chi connectivity index (χ0n) is 11.4. The molecule has 104 valence electrons. The minimum atomic E-state index is -0.567. The monoisotopic (exact) mass is 255 g/mol. The van der Waals surface area contributed by atoms with Crippen molar-refractivity contribution in [3.05, 3.63) is 0 Å². The molecule has 18 heavy (non-hydrogen) atoms. The van der Waals surface area contributed by atoms with Gasteiger partial charge in [-0.3, -0.25) is 9.69 Å². The molecule has 1 aliphatic carbocycles. The van der Waals surface area contributed by atoms with Gasteiger partial charge in [0, 0.05) is 25.7 Å². The van der Waals surface area contributed by atoms with Crippen molar-refractivity contribution < 1.29 is 9.53 Å². The molecule has 2 rings (SSSR count). The number of hydrogen-bond acceptors (Lipinski definition) is 4. The van der Waals surface area contributed by atoms with Crippen LogP contribution in [0.15, 0.2) is 0 Å². The van der Waals surface area contributed by atoms with Gasteiger partial charge in [-0.15, -0.1) is 0 Å². The molecule has 5 nitrogen and oxygen atoms in total. The van der Waals surface area contributed by atoms with Gasteiger partial charge in [-0.25, -0.2) is 0 Å². The van der Waals surface area contributed by atoms with Crippen LogP contribution in [0.1, 0.15) is 33.1 Å². The molecule has 3 N–H and O–H groups in total. The molecule has 0 aromatic rings. The number of carbonyl (C=O) groups is 1. The van der Waals surface area contributed by atoms with Crippen LogP contribution in [-0.2, 0) is 9.53 Å². The molecule has 0 aromatic heterocycles. The maximum atomic E-state index is 11.6. The summed E-state index contributed by atoms with van der Waals surface area (Å²) in [5.41, 5.74) is 4.98. The number of morpholine rings is 1. The largest absolute Gasteiger partial charge is 0.376 e. The van der Waals surface area contributed by atoms with Crippen LogP contribution in [0.3, 0.4) is 0 Å². The lowest BCUT2D eigenvalue weighted by Gasteiger charge is -2.34. The number of primary amides is 1. The minimum absolute atomic E-state index is 0.240. The van der Waals surface area contributed by atoms with Crippen molar-refractivity contribution in [2.75, 3.05) is 26.2 Å². The lowest BCUT2D eigenvalue weighted by atomic mass is 9.96. The van der Waals surface area contributed by atoms with Crippen LogP contribution in [0.2, 0.25) is 0 Å². The van der Waals surface area contributed by atoms with Gasteiger partial charge in [0.2, 0.25) is 5.91 Å². The van der Waals surface area contributed by atoms with Crippen LogP contribution in [0, 0.1) is 0 Å². The first kappa shape index (κ1) is 13.8. The lowest BCUT2D eigenvalue weighted by Crippen LogP contribution is -2.56. The van der Waals surface area contributed by atoms with Crippen LogP contribution >= 0.6 is 0 Å². The Morgan fingerprint density at radius 2 is 2.28 bits per heavy atom. The summed E-state index contributed by atoms with van der Waals surface area (Å²) in [5.74, 6) is -0.240. The summed E-state index contributed by atoms with van der Waals surface area (Å²) in [4.78, 5) is 14.0. The van der Waals surface area contributed by atoms with Crippen LogP contribution in [0.25, 0.3) is 0 Å². The van der Waals surface area contributed by atoms with E-state index in [1.807, 2.05) is 6.92 Å². The molecule has 2 aliphatic rings. The van der Waals surface area contributed by atoms with Crippen molar-refractivity contribution in [2.45, 2.75) is 50.8 Å². The molecule has 1 heterocycles. The van der Waals surface area contributed by atoms with E-state index in [1.165, 1.54) is 0 Å². The van der Waals surface area contributed by atoms with E-state index in [0.717, 1.165) is 45.5 Å². The Kier molecular flexibility index (Phi) is 4.25. The Morgan fingerprint density at radius 1 is 1.56 bits per heavy atom. The number of carbonyl (C=O) groups excluding carboxylic acids is 1. The molecule has 0 spiro atoms. The fourth-order valence-electron chi connectivity index (χ4n) is 2.42. The van der Waals surface area contributed by atoms with Gasteiger partial charge in [-0.2, -0.15) is 0 Å². The van der Waals surface area contributed by atoms with E-state index < -0.39 is 5.54 Å². The number of hydrogen-bond donors (Lipinski definition) is 2. The van der Waals surface area contributed by atoms with Gasteiger partial charge in [-0.05, 0) is 33.1 Å². The fourth-order valence-corrected chi connectivity index (χ4v) is 2.42. The predicted molar refractivity (Wildman–Crippen MR) is 70.2 cm³/mol. The lowest BCUT2D eigenvalue weighted by molar-refractivity contribution is -0.124. The van der Waals surface area contributed by atoms with Gasteiger partial charge >= 0.3 is 0 Å². The van der Waals surface area contributed by atoms with E-state index in [1.54, 1.807) is 0 Å². The van der Waals surface area contributed by atoms with E-state index in [2.05, 4.69) is 17.1 Å². The van der Waals surface area contributed by atoms with Crippen LogP contribution in [-0.4, -0.2) is 54.7 Å². The highest BCUT2D eigenvalue weighted by Gasteiger charge is 2.37. The Morgan fingerprint density at radius 3 is 2.83 bits per heavy atom. The molecule has 2 unspecified atom stereocenters. The molecule has 1 aliphatic heterocycles. The van der Waals surface area contributed by atoms with Crippen molar-refractivity contribution in [2.24, 2.45) is 5.73 Å². The highest BCUT2D eigenvalue weighted by molar-refractivity contribution is 5.84. The summed E-state index contributed by atoms with van der Waals surface area (Å²) >= 11 is 0. The first-order chi connectivity index (χ1) is 8.49. The molecular formula is C13H25N3O2. The second kappa shape index (κ2) is 5.55. The Bertz CT molecular complexity index is 307. The van der Waals surface area contributed by atoms with Gasteiger partial charge in [0.05, 0.1) is 18.2 Å². The number of nitrogens with zero attached hydrogens (tertiary/aromatic N) is 1. The molecule has 1 saturated carbocycles. The maximum Gasteiger partial charge on any atom is 0.237 e. The second-order valence-electron chi connectivity index (χ2n) is 5.85. The van der Waals surface area contributed by atoms with Crippen molar-refractivity contribution >= 4 is 5.91 Å². The average molecular weight is 255 g/mol. The zero-order valence-corrected chi connectivity index (χ0v) is 11.4. The third-order valence-corrected chi connectivity index (χ3v) is 3.90. The smallest absolute Gasteiger partial charge is 0.237 e. The fraction of sp³-hybridized carbons (Fsp3) is 0.923. The molecule has 2 atom stereocenters. The summed E-state index contributed by atoms with van der Waals surface area (Å²) in [6.45, 7) is 7.58. The topological polar surface area (TPSA) is 67.6 Å². The third-order valence-electron chi connectivity index (χ3n) is 3.90. The summed E-state index contributed by atoms with van der Waals surface area (Å²) in [5, 5.41) is 3.39. The summed E-state index contributed by atoms with van der Waals surface area (Å²) in [6.07, 6.45) is 3.38. The van der Waals surface area contributed by atoms with Crippen molar-refractivity contribution in [3.8, 4) is 0 Å². The van der Waals surface area contributed by atoms with E-state index in [-0.39, 0.29) is 12.0 Å². The van der Waals surface area contributed by atoms with Crippen LogP contribution < -0.4 is 11.1 Å². The Labute approximate surface area is 109 Å². The van der Waals surface area contributed by atoms with E-state index in [9.17, 15) is 4.79 Å². The van der Waals surface area contributed by atoms with Crippen molar-refractivity contribution in [1.82, 2.24) is 10.2 Å². The normalized spacial score (nSPS) is 28.9. The molecule has 1 amide bonds. The first-order valence-electron chi connectivity index (χ1n) is 6.91. The molecule has 5 heteroatoms. The predicted octanol–water partition coefficient (Wildman–Crippen LogP) is 0.0932. The van der Waals surface area contributed by atoms with Gasteiger partial charge < -0.3 is 15.8 Å². The van der Waals surface area contributed by atoms with Gasteiger partial charge in [0.15, 0.2) is 0 Å². The van der Waals surface area contributed by atoms with Gasteiger partial charge in [0.1, 0.15) is 0 Å². The number of nitrogens with two attached hydrogens (primary N) is 1. The SMILES string of the molecule is CC1CN(CCC(C)(NC2CC2)C(N)=O)CCO1. The summed E-state index contributed by atoms with van der Waals surface area (Å²) in [6, 6.07) is 0.492. The number of rotatable bonds is 6. The average Bonchev–Trinajstić information content (AvgIpc) is 3.10. The molecule has 0 bridgehead atoms. The molecule has 0 radical (unpaired) electrons. The number of amides is 1. The second-order valence-corrected chi connectivity index (χ2v) is 5.85. The number of nitrogens with one attached hydrogen (secondary N) is 1. The summed E-state index contributed by atoms with van der Waals surface area (Å²) < 4.78 is 5.51. The van der Waals surface area contributed by atoms with Crippen molar-refractivity contribution in [1.29, 1.82) is 0 Å². The van der Waals surface area contributed by atoms with E-state index >= 15 is 0 Å². The molecular weight excluding hydrogens is 230 g/mol. The highest BCUT2D eigenvalue weighted by Crippen LogP contribution is 2.24. The standard InChI is InChI=1S/C13H25N3O2/c1-10-9-16(7-8-18-10)6-5-13(2,12(14)17)15-11-3-4-11/h10-11,15H,3-9H2,1-2H3,(H2,14,17). The number of ether oxygens (including phenoxy) is 1. The molecule has 2 fully saturated rings. The third kappa shape index (κ3) is 3.67. The quantitative estimate of drug-likeness (QED) is 0.706. The maximum absolute atomic E-state index is 11.6. The Balaban J connectivity index is 1.82. The Hall–Kier alpha value is -0.650. The zero-order chi connectivity index (χ0) is 13.2. The van der Waals surface area contributed by atoms with Crippen LogP contribution in [0.4, 0.5) is 0 Å².